The third-order valence-electron chi connectivity index (χ3n) is 5.46. The van der Waals surface area contributed by atoms with Crippen LogP contribution < -0.4 is 10.6 Å². The number of carboxylic acid groups (broad SMARTS) is 1. The molecule has 2 aromatic rings. The summed E-state index contributed by atoms with van der Waals surface area (Å²) in [6.07, 6.45) is -0.116. The molecule has 1 aliphatic rings. The van der Waals surface area contributed by atoms with E-state index >= 15 is 0 Å². The van der Waals surface area contributed by atoms with Crippen LogP contribution in [0.25, 0.3) is 11.1 Å². The molecule has 3 N–H and O–H groups in total. The zero-order chi connectivity index (χ0) is 24.2. The quantitative estimate of drug-likeness (QED) is 0.505. The number of alkyl carbamates (subject to hydrolysis) is 1. The van der Waals surface area contributed by atoms with Crippen LogP contribution in [0.15, 0.2) is 48.5 Å². The highest BCUT2D eigenvalue weighted by atomic mass is 32.2. The summed E-state index contributed by atoms with van der Waals surface area (Å²) < 4.78 is 27.9. The van der Waals surface area contributed by atoms with Crippen LogP contribution in [0.1, 0.15) is 30.4 Å². The summed E-state index contributed by atoms with van der Waals surface area (Å²) in [5, 5.41) is 13.9. The van der Waals surface area contributed by atoms with Gasteiger partial charge in [0, 0.05) is 12.2 Å². The fourth-order valence-corrected chi connectivity index (χ4v) is 4.43. The molecule has 0 bridgehead atoms. The second-order valence-corrected chi connectivity index (χ2v) is 10.3. The van der Waals surface area contributed by atoms with E-state index < -0.39 is 45.6 Å². The molecule has 0 fully saturated rings. The van der Waals surface area contributed by atoms with Crippen molar-refractivity contribution in [2.24, 2.45) is 0 Å². The first-order chi connectivity index (χ1) is 15.6. The number of fused-ring (bicyclic) bond motifs is 3. The molecule has 1 aliphatic carbocycles. The summed E-state index contributed by atoms with van der Waals surface area (Å²) in [6.45, 7) is 1.45. The largest absolute Gasteiger partial charge is 0.480 e. The third-order valence-corrected chi connectivity index (χ3v) is 6.44. The Balaban J connectivity index is 1.56. The lowest BCUT2D eigenvalue weighted by Gasteiger charge is -2.19. The van der Waals surface area contributed by atoms with Gasteiger partial charge < -0.3 is 20.5 Å². The molecule has 2 atom stereocenters. The average Bonchev–Trinajstić information content (AvgIpc) is 3.08. The first kappa shape index (κ1) is 24.2. The first-order valence-electron chi connectivity index (χ1n) is 10.4. The van der Waals surface area contributed by atoms with Crippen molar-refractivity contribution in [2.45, 2.75) is 31.3 Å². The van der Waals surface area contributed by atoms with Gasteiger partial charge in [-0.05, 0) is 35.6 Å². The third kappa shape index (κ3) is 6.10. The van der Waals surface area contributed by atoms with E-state index in [4.69, 9.17) is 4.74 Å². The van der Waals surface area contributed by atoms with E-state index in [0.717, 1.165) is 28.5 Å². The van der Waals surface area contributed by atoms with Crippen LogP contribution in [0.5, 0.6) is 0 Å². The Morgan fingerprint density at radius 2 is 1.55 bits per heavy atom. The van der Waals surface area contributed by atoms with Gasteiger partial charge in [0.1, 0.15) is 28.5 Å². The monoisotopic (exact) mass is 474 g/mol. The molecule has 0 heterocycles. The summed E-state index contributed by atoms with van der Waals surface area (Å²) in [7, 11) is -3.39. The smallest absolute Gasteiger partial charge is 0.407 e. The SMILES string of the molecule is C[C@@H](NC(=O)OCC1c2ccccc2-c2ccccc21)C(=O)NC(CCS(C)(=O)=O)C(=O)O. The van der Waals surface area contributed by atoms with Crippen LogP contribution >= 0.6 is 0 Å². The Hall–Kier alpha value is -3.40. The predicted molar refractivity (Wildman–Crippen MR) is 122 cm³/mol. The molecule has 0 spiro atoms. The van der Waals surface area contributed by atoms with Gasteiger partial charge in [-0.3, -0.25) is 4.79 Å². The van der Waals surface area contributed by atoms with Gasteiger partial charge in [-0.1, -0.05) is 48.5 Å². The standard InChI is InChI=1S/C23H26N2O7S/c1-14(21(26)25-20(22(27)28)11-12-33(2,30)31)24-23(29)32-13-19-17-9-5-3-7-15(17)16-8-4-6-10-18(16)19/h3-10,14,19-20H,11-13H2,1-2H3,(H,24,29)(H,25,26)(H,27,28)/t14-,20?/m1/s1. The molecule has 0 radical (unpaired) electrons. The number of hydrogen-bond acceptors (Lipinski definition) is 6. The van der Waals surface area contributed by atoms with Crippen molar-refractivity contribution in [1.29, 1.82) is 0 Å². The van der Waals surface area contributed by atoms with Gasteiger partial charge in [-0.15, -0.1) is 0 Å². The van der Waals surface area contributed by atoms with E-state index in [-0.39, 0.29) is 18.9 Å². The summed E-state index contributed by atoms with van der Waals surface area (Å²) in [4.78, 5) is 35.9. The van der Waals surface area contributed by atoms with E-state index in [1.807, 2.05) is 48.5 Å². The number of hydrogen-bond donors (Lipinski definition) is 3. The van der Waals surface area contributed by atoms with Crippen LogP contribution in [-0.4, -0.2) is 62.2 Å². The normalized spacial score (nSPS) is 14.5. The first-order valence-corrected chi connectivity index (χ1v) is 12.5. The number of aliphatic carboxylic acids is 1. The van der Waals surface area contributed by atoms with Crippen LogP contribution in [0.2, 0.25) is 0 Å². The predicted octanol–water partition coefficient (Wildman–Crippen LogP) is 1.92. The van der Waals surface area contributed by atoms with E-state index in [0.29, 0.717) is 0 Å². The summed E-state index contributed by atoms with van der Waals surface area (Å²) in [5.41, 5.74) is 4.27. The van der Waals surface area contributed by atoms with Crippen molar-refractivity contribution in [2.75, 3.05) is 18.6 Å². The molecule has 2 aromatic carbocycles. The van der Waals surface area contributed by atoms with Crippen molar-refractivity contribution in [1.82, 2.24) is 10.6 Å². The van der Waals surface area contributed by atoms with Crippen molar-refractivity contribution < 1.29 is 32.6 Å². The van der Waals surface area contributed by atoms with Gasteiger partial charge in [0.15, 0.2) is 0 Å². The van der Waals surface area contributed by atoms with E-state index in [9.17, 15) is 27.9 Å². The Kier molecular flexibility index (Phi) is 7.37. The second kappa shape index (κ2) is 10.0. The summed E-state index contributed by atoms with van der Waals surface area (Å²) in [6, 6.07) is 13.3. The van der Waals surface area contributed by atoms with Gasteiger partial charge in [0.05, 0.1) is 5.75 Å². The van der Waals surface area contributed by atoms with Crippen LogP contribution in [0.3, 0.4) is 0 Å². The zero-order valence-corrected chi connectivity index (χ0v) is 19.1. The molecular weight excluding hydrogens is 448 g/mol. The number of carboxylic acids is 1. The lowest BCUT2D eigenvalue weighted by molar-refractivity contribution is -0.142. The maximum atomic E-state index is 12.3. The number of amides is 2. The van der Waals surface area contributed by atoms with E-state index in [1.165, 1.54) is 6.92 Å². The summed E-state index contributed by atoms with van der Waals surface area (Å²) >= 11 is 0. The molecule has 33 heavy (non-hydrogen) atoms. The molecule has 2 amide bonds. The molecule has 0 aromatic heterocycles. The topological polar surface area (TPSA) is 139 Å². The number of benzene rings is 2. The fraction of sp³-hybridized carbons (Fsp3) is 0.348. The number of nitrogens with one attached hydrogen (secondary N) is 2. The van der Waals surface area contributed by atoms with Crippen molar-refractivity contribution in [3.63, 3.8) is 0 Å². The van der Waals surface area contributed by atoms with Gasteiger partial charge in [-0.2, -0.15) is 0 Å². The van der Waals surface area contributed by atoms with Crippen LogP contribution in [-0.2, 0) is 24.2 Å². The maximum absolute atomic E-state index is 12.3. The van der Waals surface area contributed by atoms with E-state index in [2.05, 4.69) is 10.6 Å². The molecule has 1 unspecified atom stereocenters. The van der Waals surface area contributed by atoms with Crippen molar-refractivity contribution in [3.05, 3.63) is 59.7 Å². The van der Waals surface area contributed by atoms with Crippen molar-refractivity contribution >= 4 is 27.8 Å². The van der Waals surface area contributed by atoms with Gasteiger partial charge in [0.25, 0.3) is 0 Å². The highest BCUT2D eigenvalue weighted by Crippen LogP contribution is 2.44. The highest BCUT2D eigenvalue weighted by molar-refractivity contribution is 7.90. The van der Waals surface area contributed by atoms with Gasteiger partial charge >= 0.3 is 12.1 Å². The lowest BCUT2D eigenvalue weighted by Crippen LogP contribution is -2.50. The number of carbonyl (C=O) groups is 3. The minimum absolute atomic E-state index is 0.0698. The zero-order valence-electron chi connectivity index (χ0n) is 18.3. The molecule has 0 aliphatic heterocycles. The van der Waals surface area contributed by atoms with Crippen molar-refractivity contribution in [3.8, 4) is 11.1 Å². The Morgan fingerprint density at radius 1 is 1.00 bits per heavy atom. The Bertz CT molecular complexity index is 1120. The Labute approximate surface area is 192 Å². The van der Waals surface area contributed by atoms with E-state index in [1.54, 1.807) is 0 Å². The van der Waals surface area contributed by atoms with Gasteiger partial charge in [-0.25, -0.2) is 18.0 Å². The fourth-order valence-electron chi connectivity index (χ4n) is 3.77. The summed E-state index contributed by atoms with van der Waals surface area (Å²) in [5.74, 6) is -2.65. The molecule has 0 saturated heterocycles. The molecule has 9 nitrogen and oxygen atoms in total. The average molecular weight is 475 g/mol. The molecule has 176 valence electrons. The minimum atomic E-state index is -3.39. The minimum Gasteiger partial charge on any atom is -0.480 e. The molecule has 10 heteroatoms. The van der Waals surface area contributed by atoms with Crippen LogP contribution in [0, 0.1) is 0 Å². The highest BCUT2D eigenvalue weighted by Gasteiger charge is 2.30. The number of carbonyl (C=O) groups excluding carboxylic acids is 2. The molecular formula is C23H26N2O7S. The number of sulfone groups is 1. The Morgan fingerprint density at radius 3 is 2.06 bits per heavy atom. The molecule has 0 saturated carbocycles. The number of rotatable bonds is 9. The molecule has 3 rings (SSSR count). The van der Waals surface area contributed by atoms with Crippen LogP contribution in [0.4, 0.5) is 4.79 Å². The maximum Gasteiger partial charge on any atom is 0.407 e. The number of ether oxygens (including phenoxy) is 1. The van der Waals surface area contributed by atoms with Gasteiger partial charge in [0.2, 0.25) is 5.91 Å². The lowest BCUT2D eigenvalue weighted by atomic mass is 9.98. The second-order valence-electron chi connectivity index (χ2n) is 8.01.